The first kappa shape index (κ1) is 16.1. The Labute approximate surface area is 115 Å². The normalized spacial score (nSPS) is 13.9. The molecule has 0 amide bonds. The van der Waals surface area contributed by atoms with Gasteiger partial charge in [0, 0.05) is 23.7 Å². The molecule has 0 aliphatic rings. The monoisotopic (exact) mass is 269 g/mol. The van der Waals surface area contributed by atoms with Crippen molar-refractivity contribution >= 4 is 0 Å². The predicted octanol–water partition coefficient (Wildman–Crippen LogP) is 4.75. The molecule has 1 atom stereocenters. The van der Waals surface area contributed by atoms with Crippen LogP contribution < -0.4 is 5.32 Å². The molecule has 0 saturated heterocycles. The van der Waals surface area contributed by atoms with Gasteiger partial charge in [-0.2, -0.15) is 0 Å². The van der Waals surface area contributed by atoms with Crippen molar-refractivity contribution < 1.29 is 8.78 Å². The second-order valence-electron chi connectivity index (χ2n) is 6.76. The van der Waals surface area contributed by atoms with E-state index in [1.807, 2.05) is 13.8 Å². The van der Waals surface area contributed by atoms with E-state index in [1.54, 1.807) is 13.0 Å². The van der Waals surface area contributed by atoms with Crippen molar-refractivity contribution in [2.24, 2.45) is 5.41 Å². The van der Waals surface area contributed by atoms with Crippen molar-refractivity contribution in [2.75, 3.05) is 0 Å². The van der Waals surface area contributed by atoms with E-state index in [4.69, 9.17) is 0 Å². The zero-order chi connectivity index (χ0) is 14.8. The summed E-state index contributed by atoms with van der Waals surface area (Å²) in [5.74, 6) is -0.953. The number of aryl methyl sites for hydroxylation is 1. The summed E-state index contributed by atoms with van der Waals surface area (Å²) in [4.78, 5) is 0. The minimum absolute atomic E-state index is 0.0707. The SMILES string of the molecule is Cc1cc(C(CC(C)(C)C)NC(C)C)c(F)cc1F. The van der Waals surface area contributed by atoms with Crippen molar-refractivity contribution in [1.29, 1.82) is 0 Å². The van der Waals surface area contributed by atoms with Crippen LogP contribution in [-0.4, -0.2) is 6.04 Å². The van der Waals surface area contributed by atoms with Gasteiger partial charge in [-0.25, -0.2) is 8.78 Å². The van der Waals surface area contributed by atoms with Gasteiger partial charge < -0.3 is 5.32 Å². The standard InChI is InChI=1S/C16H25F2N/c1-10(2)19-15(9-16(4,5)6)12-7-11(3)13(17)8-14(12)18/h7-8,10,15,19H,9H2,1-6H3. The highest BCUT2D eigenvalue weighted by molar-refractivity contribution is 5.28. The number of halogens is 2. The minimum atomic E-state index is -0.486. The van der Waals surface area contributed by atoms with Gasteiger partial charge in [0.2, 0.25) is 0 Å². The van der Waals surface area contributed by atoms with Gasteiger partial charge >= 0.3 is 0 Å². The lowest BCUT2D eigenvalue weighted by atomic mass is 9.84. The molecule has 3 heteroatoms. The van der Waals surface area contributed by atoms with Crippen LogP contribution in [0.3, 0.4) is 0 Å². The van der Waals surface area contributed by atoms with Crippen LogP contribution in [0.25, 0.3) is 0 Å². The molecule has 0 saturated carbocycles. The van der Waals surface area contributed by atoms with Gasteiger partial charge in [-0.1, -0.05) is 34.6 Å². The van der Waals surface area contributed by atoms with Crippen LogP contribution >= 0.6 is 0 Å². The smallest absolute Gasteiger partial charge is 0.130 e. The molecule has 108 valence electrons. The Morgan fingerprint density at radius 3 is 2.16 bits per heavy atom. The van der Waals surface area contributed by atoms with Crippen molar-refractivity contribution in [3.8, 4) is 0 Å². The van der Waals surface area contributed by atoms with Crippen molar-refractivity contribution in [1.82, 2.24) is 5.32 Å². The van der Waals surface area contributed by atoms with E-state index in [1.165, 1.54) is 0 Å². The van der Waals surface area contributed by atoms with Crippen LogP contribution in [0, 0.1) is 24.0 Å². The average Bonchev–Trinajstić information content (AvgIpc) is 2.19. The fourth-order valence-corrected chi connectivity index (χ4v) is 2.22. The van der Waals surface area contributed by atoms with Crippen molar-refractivity contribution in [3.63, 3.8) is 0 Å². The Balaban J connectivity index is 3.13. The fraction of sp³-hybridized carbons (Fsp3) is 0.625. The van der Waals surface area contributed by atoms with Gasteiger partial charge in [0.15, 0.2) is 0 Å². The summed E-state index contributed by atoms with van der Waals surface area (Å²) in [6, 6.07) is 2.76. The van der Waals surface area contributed by atoms with Gasteiger partial charge in [0.1, 0.15) is 11.6 Å². The molecule has 0 aromatic heterocycles. The van der Waals surface area contributed by atoms with Crippen LogP contribution in [0.5, 0.6) is 0 Å². The number of nitrogens with one attached hydrogen (secondary N) is 1. The molecular formula is C16H25F2N. The maximum absolute atomic E-state index is 14.0. The Bertz CT molecular complexity index is 433. The quantitative estimate of drug-likeness (QED) is 0.831. The molecule has 0 heterocycles. The first-order valence-electron chi connectivity index (χ1n) is 6.82. The number of rotatable bonds is 4. The fourth-order valence-electron chi connectivity index (χ4n) is 2.22. The first-order chi connectivity index (χ1) is 8.60. The summed E-state index contributed by atoms with van der Waals surface area (Å²) in [6.07, 6.45) is 0.799. The van der Waals surface area contributed by atoms with E-state index >= 15 is 0 Å². The second kappa shape index (κ2) is 6.00. The number of hydrogen-bond acceptors (Lipinski definition) is 1. The highest BCUT2D eigenvalue weighted by atomic mass is 19.1. The van der Waals surface area contributed by atoms with Crippen molar-refractivity contribution in [3.05, 3.63) is 34.9 Å². The van der Waals surface area contributed by atoms with Gasteiger partial charge in [0.25, 0.3) is 0 Å². The highest BCUT2D eigenvalue weighted by Gasteiger charge is 2.24. The predicted molar refractivity (Wildman–Crippen MR) is 76.2 cm³/mol. The van der Waals surface area contributed by atoms with E-state index in [-0.39, 0.29) is 17.5 Å². The average molecular weight is 269 g/mol. The molecule has 1 N–H and O–H groups in total. The van der Waals surface area contributed by atoms with Gasteiger partial charge in [-0.15, -0.1) is 0 Å². The third kappa shape index (κ3) is 4.90. The van der Waals surface area contributed by atoms with Crippen LogP contribution in [0.15, 0.2) is 12.1 Å². The van der Waals surface area contributed by atoms with Crippen LogP contribution in [0.2, 0.25) is 0 Å². The topological polar surface area (TPSA) is 12.0 Å². The molecule has 1 rings (SSSR count). The summed E-state index contributed by atoms with van der Waals surface area (Å²) in [5, 5.41) is 3.38. The zero-order valence-electron chi connectivity index (χ0n) is 12.8. The Kier molecular flexibility index (Phi) is 5.08. The van der Waals surface area contributed by atoms with Crippen molar-refractivity contribution in [2.45, 2.75) is 60.0 Å². The van der Waals surface area contributed by atoms with Gasteiger partial charge in [0.05, 0.1) is 0 Å². The molecule has 0 spiro atoms. The Morgan fingerprint density at radius 1 is 1.11 bits per heavy atom. The van der Waals surface area contributed by atoms with Crippen LogP contribution in [0.4, 0.5) is 8.78 Å². The summed E-state index contributed by atoms with van der Waals surface area (Å²) in [7, 11) is 0. The van der Waals surface area contributed by atoms with E-state index < -0.39 is 11.6 Å². The second-order valence-corrected chi connectivity index (χ2v) is 6.76. The number of benzene rings is 1. The minimum Gasteiger partial charge on any atom is -0.308 e. The van der Waals surface area contributed by atoms with E-state index in [9.17, 15) is 8.78 Å². The molecular weight excluding hydrogens is 244 g/mol. The third-order valence-electron chi connectivity index (χ3n) is 3.00. The molecule has 0 radical (unpaired) electrons. The molecule has 1 nitrogen and oxygen atoms in total. The molecule has 1 aromatic rings. The molecule has 1 aromatic carbocycles. The molecule has 1 unspecified atom stereocenters. The summed E-state index contributed by atoms with van der Waals surface area (Å²) in [6.45, 7) is 12.1. The number of hydrogen-bond donors (Lipinski definition) is 1. The van der Waals surface area contributed by atoms with Crippen LogP contribution in [-0.2, 0) is 0 Å². The van der Waals surface area contributed by atoms with E-state index in [0.29, 0.717) is 11.1 Å². The Hall–Kier alpha value is -0.960. The first-order valence-corrected chi connectivity index (χ1v) is 6.82. The lowest BCUT2D eigenvalue weighted by molar-refractivity contribution is 0.295. The van der Waals surface area contributed by atoms with Gasteiger partial charge in [-0.3, -0.25) is 0 Å². The summed E-state index contributed by atoms with van der Waals surface area (Å²) in [5.41, 5.74) is 1.12. The lowest BCUT2D eigenvalue weighted by Gasteiger charge is -2.29. The van der Waals surface area contributed by atoms with E-state index in [2.05, 4.69) is 26.1 Å². The molecule has 0 aliphatic heterocycles. The molecule has 0 aliphatic carbocycles. The highest BCUT2D eigenvalue weighted by Crippen LogP contribution is 2.32. The zero-order valence-corrected chi connectivity index (χ0v) is 12.8. The Morgan fingerprint density at radius 2 is 1.68 bits per heavy atom. The third-order valence-corrected chi connectivity index (χ3v) is 3.00. The summed E-state index contributed by atoms with van der Waals surface area (Å²) >= 11 is 0. The lowest BCUT2D eigenvalue weighted by Crippen LogP contribution is -2.31. The maximum Gasteiger partial charge on any atom is 0.130 e. The van der Waals surface area contributed by atoms with Crippen LogP contribution in [0.1, 0.15) is 58.2 Å². The largest absolute Gasteiger partial charge is 0.308 e. The molecule has 0 bridgehead atoms. The molecule has 0 fully saturated rings. The summed E-state index contributed by atoms with van der Waals surface area (Å²) < 4.78 is 27.4. The maximum atomic E-state index is 14.0. The molecule has 19 heavy (non-hydrogen) atoms. The van der Waals surface area contributed by atoms with Gasteiger partial charge in [-0.05, 0) is 30.4 Å². The van der Waals surface area contributed by atoms with E-state index in [0.717, 1.165) is 12.5 Å².